The lowest BCUT2D eigenvalue weighted by Crippen LogP contribution is -2.16. The molecule has 1 fully saturated rings. The van der Waals surface area contributed by atoms with Gasteiger partial charge < -0.3 is 5.32 Å². The number of nitrogens with zero attached hydrogens (tertiary/aromatic N) is 2. The molecule has 0 spiro atoms. The fraction of sp³-hybridized carbons (Fsp3) is 0.750. The molecule has 0 radical (unpaired) electrons. The van der Waals surface area contributed by atoms with E-state index in [1.54, 1.807) is 0 Å². The number of nitrogens with one attached hydrogen (secondary N) is 2. The molecule has 0 amide bonds. The van der Waals surface area contributed by atoms with E-state index >= 15 is 0 Å². The molecule has 2 N–H and O–H groups in total. The van der Waals surface area contributed by atoms with Crippen LogP contribution in [0.2, 0.25) is 0 Å². The summed E-state index contributed by atoms with van der Waals surface area (Å²) in [6.45, 7) is 3.56. The first-order chi connectivity index (χ1) is 6.31. The highest BCUT2D eigenvalue weighted by atomic mass is 16.1. The molecule has 0 aliphatic carbocycles. The summed E-state index contributed by atoms with van der Waals surface area (Å²) in [4.78, 5) is 14.0. The monoisotopic (exact) mass is 182 g/mol. The van der Waals surface area contributed by atoms with Gasteiger partial charge in [-0.3, -0.25) is 4.98 Å². The van der Waals surface area contributed by atoms with Crippen LogP contribution in [0.3, 0.4) is 0 Å². The van der Waals surface area contributed by atoms with E-state index in [0.29, 0.717) is 6.54 Å². The Morgan fingerprint density at radius 3 is 3.08 bits per heavy atom. The van der Waals surface area contributed by atoms with Crippen LogP contribution in [0.5, 0.6) is 0 Å². The molecule has 1 aliphatic rings. The van der Waals surface area contributed by atoms with E-state index in [0.717, 1.165) is 25.2 Å². The van der Waals surface area contributed by atoms with E-state index in [-0.39, 0.29) is 11.7 Å². The van der Waals surface area contributed by atoms with Crippen molar-refractivity contribution < 1.29 is 0 Å². The van der Waals surface area contributed by atoms with Gasteiger partial charge in [0.2, 0.25) is 0 Å². The molecule has 0 saturated carbocycles. The summed E-state index contributed by atoms with van der Waals surface area (Å²) in [5.41, 5.74) is -0.105. The Bertz CT molecular complexity index is 334. The van der Waals surface area contributed by atoms with Gasteiger partial charge in [-0.15, -0.1) is 0 Å². The Hall–Kier alpha value is -1.10. The van der Waals surface area contributed by atoms with Gasteiger partial charge in [0, 0.05) is 6.54 Å². The quantitative estimate of drug-likeness (QED) is 0.677. The SMILES string of the molecule is CCn1nc(C2CCCN2)[nH]c1=O. The zero-order chi connectivity index (χ0) is 9.26. The van der Waals surface area contributed by atoms with E-state index in [4.69, 9.17) is 0 Å². The van der Waals surface area contributed by atoms with Crippen molar-refractivity contribution in [2.45, 2.75) is 32.4 Å². The molecular formula is C8H14N4O. The van der Waals surface area contributed by atoms with Gasteiger partial charge in [0.05, 0.1) is 6.04 Å². The Kier molecular flexibility index (Phi) is 2.18. The molecular weight excluding hydrogens is 168 g/mol. The Morgan fingerprint density at radius 2 is 2.54 bits per heavy atom. The number of rotatable bonds is 2. The Balaban J connectivity index is 2.25. The van der Waals surface area contributed by atoms with Crippen molar-refractivity contribution >= 4 is 0 Å². The van der Waals surface area contributed by atoms with E-state index in [1.165, 1.54) is 4.68 Å². The van der Waals surface area contributed by atoms with Crippen LogP contribution in [0.4, 0.5) is 0 Å². The summed E-state index contributed by atoms with van der Waals surface area (Å²) in [5.74, 6) is 0.782. The molecule has 5 nitrogen and oxygen atoms in total. The van der Waals surface area contributed by atoms with Crippen molar-refractivity contribution in [2.75, 3.05) is 6.54 Å². The van der Waals surface area contributed by atoms with Crippen molar-refractivity contribution in [3.05, 3.63) is 16.3 Å². The van der Waals surface area contributed by atoms with Crippen LogP contribution in [0.1, 0.15) is 31.6 Å². The second-order valence-electron chi connectivity index (χ2n) is 3.28. The maximum Gasteiger partial charge on any atom is 0.343 e. The maximum absolute atomic E-state index is 11.2. The number of aromatic nitrogens is 3. The molecule has 0 aromatic carbocycles. The van der Waals surface area contributed by atoms with Crippen molar-refractivity contribution in [1.29, 1.82) is 0 Å². The largest absolute Gasteiger partial charge is 0.343 e. The molecule has 72 valence electrons. The van der Waals surface area contributed by atoms with Crippen LogP contribution in [0, 0.1) is 0 Å². The molecule has 1 aromatic heterocycles. The van der Waals surface area contributed by atoms with Gasteiger partial charge >= 0.3 is 5.69 Å². The molecule has 2 rings (SSSR count). The number of aryl methyl sites for hydroxylation is 1. The molecule has 5 heteroatoms. The molecule has 1 aliphatic heterocycles. The summed E-state index contributed by atoms with van der Waals surface area (Å²) in [6.07, 6.45) is 2.22. The van der Waals surface area contributed by atoms with E-state index in [1.807, 2.05) is 6.92 Å². The van der Waals surface area contributed by atoms with Crippen LogP contribution < -0.4 is 11.0 Å². The van der Waals surface area contributed by atoms with Crippen molar-refractivity contribution in [1.82, 2.24) is 20.1 Å². The lowest BCUT2D eigenvalue weighted by molar-refractivity contribution is 0.575. The smallest absolute Gasteiger partial charge is 0.307 e. The van der Waals surface area contributed by atoms with Gasteiger partial charge in [-0.2, -0.15) is 5.10 Å². The maximum atomic E-state index is 11.2. The first-order valence-corrected chi connectivity index (χ1v) is 4.71. The standard InChI is InChI=1S/C8H14N4O/c1-2-12-8(13)10-7(11-12)6-4-3-5-9-6/h6,9H,2-5H2,1H3,(H,10,11,13). The lowest BCUT2D eigenvalue weighted by atomic mass is 10.2. The van der Waals surface area contributed by atoms with Gasteiger partial charge in [-0.25, -0.2) is 9.48 Å². The topological polar surface area (TPSA) is 62.7 Å². The summed E-state index contributed by atoms with van der Waals surface area (Å²) in [6, 6.07) is 0.250. The van der Waals surface area contributed by atoms with Gasteiger partial charge in [-0.1, -0.05) is 0 Å². The molecule has 13 heavy (non-hydrogen) atoms. The predicted octanol–water partition coefficient (Wildman–Crippen LogP) is 0.0158. The molecule has 1 saturated heterocycles. The van der Waals surface area contributed by atoms with Gasteiger partial charge in [0.25, 0.3) is 0 Å². The first kappa shape index (κ1) is 8.50. The minimum absolute atomic E-state index is 0.105. The predicted molar refractivity (Wildman–Crippen MR) is 48.5 cm³/mol. The molecule has 2 heterocycles. The number of H-pyrrole nitrogens is 1. The number of hydrogen-bond acceptors (Lipinski definition) is 3. The van der Waals surface area contributed by atoms with Crippen LogP contribution in [0.25, 0.3) is 0 Å². The van der Waals surface area contributed by atoms with Gasteiger partial charge in [-0.05, 0) is 26.3 Å². The Morgan fingerprint density at radius 1 is 1.69 bits per heavy atom. The number of aromatic amines is 1. The van der Waals surface area contributed by atoms with Crippen molar-refractivity contribution in [3.8, 4) is 0 Å². The van der Waals surface area contributed by atoms with Gasteiger partial charge in [0.1, 0.15) is 5.82 Å². The summed E-state index contributed by atoms with van der Waals surface area (Å²) in [5, 5.41) is 7.49. The second kappa shape index (κ2) is 3.33. The van der Waals surface area contributed by atoms with Gasteiger partial charge in [0.15, 0.2) is 0 Å². The normalized spacial score (nSPS) is 22.4. The van der Waals surface area contributed by atoms with E-state index in [2.05, 4.69) is 15.4 Å². The molecule has 0 bridgehead atoms. The molecule has 1 aromatic rings. The van der Waals surface area contributed by atoms with Crippen LogP contribution in [0.15, 0.2) is 4.79 Å². The summed E-state index contributed by atoms with van der Waals surface area (Å²) in [7, 11) is 0. The van der Waals surface area contributed by atoms with Crippen molar-refractivity contribution in [3.63, 3.8) is 0 Å². The number of hydrogen-bond donors (Lipinski definition) is 2. The fourth-order valence-corrected chi connectivity index (χ4v) is 1.66. The first-order valence-electron chi connectivity index (χ1n) is 4.71. The van der Waals surface area contributed by atoms with E-state index in [9.17, 15) is 4.79 Å². The summed E-state index contributed by atoms with van der Waals surface area (Å²) < 4.78 is 1.45. The highest BCUT2D eigenvalue weighted by Crippen LogP contribution is 2.18. The highest BCUT2D eigenvalue weighted by molar-refractivity contribution is 4.95. The Labute approximate surface area is 76.2 Å². The fourth-order valence-electron chi connectivity index (χ4n) is 1.66. The summed E-state index contributed by atoms with van der Waals surface area (Å²) >= 11 is 0. The van der Waals surface area contributed by atoms with Crippen LogP contribution >= 0.6 is 0 Å². The molecule has 1 atom stereocenters. The highest BCUT2D eigenvalue weighted by Gasteiger charge is 2.19. The third kappa shape index (κ3) is 1.51. The minimum Gasteiger partial charge on any atom is -0.307 e. The van der Waals surface area contributed by atoms with Crippen molar-refractivity contribution in [2.24, 2.45) is 0 Å². The second-order valence-corrected chi connectivity index (χ2v) is 3.28. The van der Waals surface area contributed by atoms with Crippen LogP contribution in [-0.2, 0) is 6.54 Å². The van der Waals surface area contributed by atoms with Crippen LogP contribution in [-0.4, -0.2) is 21.3 Å². The lowest BCUT2D eigenvalue weighted by Gasteiger charge is -2.03. The minimum atomic E-state index is -0.105. The average molecular weight is 182 g/mol. The average Bonchev–Trinajstić information content (AvgIpc) is 2.71. The molecule has 1 unspecified atom stereocenters. The van der Waals surface area contributed by atoms with E-state index < -0.39 is 0 Å². The third-order valence-electron chi connectivity index (χ3n) is 2.39. The zero-order valence-electron chi connectivity index (χ0n) is 7.71. The zero-order valence-corrected chi connectivity index (χ0v) is 7.71. The third-order valence-corrected chi connectivity index (χ3v) is 2.39.